The van der Waals surface area contributed by atoms with Crippen LogP contribution in [0.15, 0.2) is 17.2 Å². The summed E-state index contributed by atoms with van der Waals surface area (Å²) in [6.45, 7) is 5.25. The van der Waals surface area contributed by atoms with Crippen molar-refractivity contribution in [2.75, 3.05) is 0 Å². The van der Waals surface area contributed by atoms with Crippen molar-refractivity contribution in [2.45, 2.75) is 38.6 Å². The van der Waals surface area contributed by atoms with E-state index in [1.807, 2.05) is 0 Å². The van der Waals surface area contributed by atoms with Gasteiger partial charge in [0, 0.05) is 12.7 Å². The Balaban J connectivity index is 2.63. The quantitative estimate of drug-likeness (QED) is 0.865. The van der Waals surface area contributed by atoms with Gasteiger partial charge < -0.3 is 0 Å². The molecule has 0 amide bonds. The Morgan fingerprint density at radius 3 is 2.45 bits per heavy atom. The first-order valence-corrected chi connectivity index (χ1v) is 7.35. The first-order valence-electron chi connectivity index (χ1n) is 5.91. The first-order chi connectivity index (χ1) is 9.27. The molecule has 9 heteroatoms. The van der Waals surface area contributed by atoms with E-state index in [-0.39, 0.29) is 16.3 Å². The van der Waals surface area contributed by atoms with Gasteiger partial charge in [0.1, 0.15) is 10.6 Å². The predicted molar refractivity (Wildman–Crippen MR) is 67.1 cm³/mol. The standard InChI is InChI=1S/C11H14F2N4O2S/c1-4-16-6-10(8(3)15-16)20(18,19)17-9(11(12)13)5-7(2)14-17/h5-6,11H,4H2,1-3H3. The molecule has 0 fully saturated rings. The van der Waals surface area contributed by atoms with Crippen molar-refractivity contribution in [1.82, 2.24) is 19.0 Å². The highest BCUT2D eigenvalue weighted by Gasteiger charge is 2.29. The van der Waals surface area contributed by atoms with Crippen LogP contribution in [0.1, 0.15) is 30.4 Å². The maximum atomic E-state index is 12.9. The minimum Gasteiger partial charge on any atom is -0.271 e. The van der Waals surface area contributed by atoms with Gasteiger partial charge in [-0.1, -0.05) is 0 Å². The van der Waals surface area contributed by atoms with Crippen LogP contribution in [-0.2, 0) is 16.6 Å². The molecule has 6 nitrogen and oxygen atoms in total. The average molecular weight is 304 g/mol. The van der Waals surface area contributed by atoms with Crippen LogP contribution in [0, 0.1) is 13.8 Å². The summed E-state index contributed by atoms with van der Waals surface area (Å²) in [5.74, 6) is 0. The third-order valence-corrected chi connectivity index (χ3v) is 4.49. The van der Waals surface area contributed by atoms with Crippen molar-refractivity contribution in [3.05, 3.63) is 29.3 Å². The largest absolute Gasteiger partial charge is 0.286 e. The monoisotopic (exact) mass is 304 g/mol. The molecule has 0 atom stereocenters. The molecule has 20 heavy (non-hydrogen) atoms. The molecule has 0 aliphatic heterocycles. The Bertz CT molecular complexity index is 734. The summed E-state index contributed by atoms with van der Waals surface area (Å²) >= 11 is 0. The molecular weight excluding hydrogens is 290 g/mol. The van der Waals surface area contributed by atoms with E-state index in [0.29, 0.717) is 10.6 Å². The van der Waals surface area contributed by atoms with Crippen molar-refractivity contribution >= 4 is 10.0 Å². The van der Waals surface area contributed by atoms with Crippen LogP contribution in [-0.4, -0.2) is 27.4 Å². The van der Waals surface area contributed by atoms with Gasteiger partial charge in [0.05, 0.1) is 11.4 Å². The number of aryl methyl sites for hydroxylation is 3. The van der Waals surface area contributed by atoms with E-state index in [0.717, 1.165) is 6.07 Å². The van der Waals surface area contributed by atoms with Gasteiger partial charge >= 0.3 is 0 Å². The summed E-state index contributed by atoms with van der Waals surface area (Å²) in [5, 5.41) is 7.68. The van der Waals surface area contributed by atoms with E-state index < -0.39 is 22.1 Å². The molecule has 0 bridgehead atoms. The predicted octanol–water partition coefficient (Wildman–Crippen LogP) is 1.89. The van der Waals surface area contributed by atoms with Crippen LogP contribution in [0.5, 0.6) is 0 Å². The number of aromatic nitrogens is 4. The molecule has 2 rings (SSSR count). The lowest BCUT2D eigenvalue weighted by Gasteiger charge is -2.06. The maximum Gasteiger partial charge on any atom is 0.286 e. The van der Waals surface area contributed by atoms with Gasteiger partial charge in [-0.15, -0.1) is 0 Å². The molecule has 0 spiro atoms. The minimum absolute atomic E-state index is 0.121. The second kappa shape index (κ2) is 4.97. The SMILES string of the molecule is CCn1cc(S(=O)(=O)n2nc(C)cc2C(F)F)c(C)n1. The molecule has 2 aromatic heterocycles. The van der Waals surface area contributed by atoms with Gasteiger partial charge in [-0.25, -0.2) is 8.78 Å². The molecule has 110 valence electrons. The fourth-order valence-electron chi connectivity index (χ4n) is 1.85. The fraction of sp³-hybridized carbons (Fsp3) is 0.455. The minimum atomic E-state index is -4.17. The zero-order chi connectivity index (χ0) is 15.1. The Morgan fingerprint density at radius 2 is 1.95 bits per heavy atom. The van der Waals surface area contributed by atoms with E-state index >= 15 is 0 Å². The summed E-state index contributed by atoms with van der Waals surface area (Å²) in [5.41, 5.74) is -0.184. The summed E-state index contributed by atoms with van der Waals surface area (Å²) in [4.78, 5) is -0.121. The van der Waals surface area contributed by atoms with E-state index in [2.05, 4.69) is 10.2 Å². The molecule has 2 heterocycles. The lowest BCUT2D eigenvalue weighted by Crippen LogP contribution is -2.18. The molecule has 0 saturated heterocycles. The second-order valence-electron chi connectivity index (χ2n) is 4.29. The molecule has 0 aliphatic rings. The average Bonchev–Trinajstić information content (AvgIpc) is 2.93. The van der Waals surface area contributed by atoms with Gasteiger partial charge in [-0.3, -0.25) is 4.68 Å². The topological polar surface area (TPSA) is 69.8 Å². The number of halogens is 2. The zero-order valence-corrected chi connectivity index (χ0v) is 12.0. The van der Waals surface area contributed by atoms with E-state index in [1.54, 1.807) is 6.92 Å². The van der Waals surface area contributed by atoms with Gasteiger partial charge in [0.15, 0.2) is 0 Å². The number of hydrogen-bond donors (Lipinski definition) is 0. The molecule has 0 N–H and O–H groups in total. The maximum absolute atomic E-state index is 12.9. The Morgan fingerprint density at radius 1 is 1.30 bits per heavy atom. The molecular formula is C11H14F2N4O2S. The van der Waals surface area contributed by atoms with Crippen molar-refractivity contribution in [3.63, 3.8) is 0 Å². The van der Waals surface area contributed by atoms with Crippen molar-refractivity contribution in [2.24, 2.45) is 0 Å². The third-order valence-electron chi connectivity index (χ3n) is 2.78. The highest BCUT2D eigenvalue weighted by Crippen LogP contribution is 2.25. The molecule has 2 aromatic rings. The molecule has 0 saturated carbocycles. The van der Waals surface area contributed by atoms with Gasteiger partial charge in [0.2, 0.25) is 0 Å². The third kappa shape index (κ3) is 2.33. The fourth-order valence-corrected chi connectivity index (χ4v) is 3.35. The molecule has 0 aromatic carbocycles. The Labute approximate surface area is 115 Å². The van der Waals surface area contributed by atoms with Gasteiger partial charge in [0.25, 0.3) is 16.4 Å². The van der Waals surface area contributed by atoms with Crippen LogP contribution < -0.4 is 0 Å². The Kier molecular flexibility index (Phi) is 3.63. The summed E-state index contributed by atoms with van der Waals surface area (Å²) in [6, 6.07) is 1.06. The van der Waals surface area contributed by atoms with Crippen LogP contribution >= 0.6 is 0 Å². The van der Waals surface area contributed by atoms with E-state index in [4.69, 9.17) is 0 Å². The van der Waals surface area contributed by atoms with Crippen LogP contribution in [0.3, 0.4) is 0 Å². The van der Waals surface area contributed by atoms with Gasteiger partial charge in [-0.2, -0.15) is 22.7 Å². The van der Waals surface area contributed by atoms with E-state index in [1.165, 1.54) is 24.7 Å². The smallest absolute Gasteiger partial charge is 0.271 e. The summed E-state index contributed by atoms with van der Waals surface area (Å²) in [6.07, 6.45) is -1.61. The van der Waals surface area contributed by atoms with Crippen molar-refractivity contribution in [1.29, 1.82) is 0 Å². The van der Waals surface area contributed by atoms with Crippen molar-refractivity contribution in [3.8, 4) is 0 Å². The van der Waals surface area contributed by atoms with Crippen LogP contribution in [0.2, 0.25) is 0 Å². The normalized spacial score (nSPS) is 12.3. The number of alkyl halides is 2. The first kappa shape index (κ1) is 14.6. The highest BCUT2D eigenvalue weighted by atomic mass is 32.2. The van der Waals surface area contributed by atoms with Gasteiger partial charge in [-0.05, 0) is 26.8 Å². The molecule has 0 aliphatic carbocycles. The highest BCUT2D eigenvalue weighted by molar-refractivity contribution is 7.90. The second-order valence-corrected chi connectivity index (χ2v) is 6.03. The molecule has 0 radical (unpaired) electrons. The van der Waals surface area contributed by atoms with Crippen LogP contribution in [0.4, 0.5) is 8.78 Å². The lowest BCUT2D eigenvalue weighted by molar-refractivity contribution is 0.144. The summed E-state index contributed by atoms with van der Waals surface area (Å²) < 4.78 is 52.5. The summed E-state index contributed by atoms with van der Waals surface area (Å²) in [7, 11) is -4.17. The number of nitrogens with zero attached hydrogens (tertiary/aromatic N) is 4. The van der Waals surface area contributed by atoms with Crippen molar-refractivity contribution < 1.29 is 17.2 Å². The molecule has 0 unspecified atom stereocenters. The van der Waals surface area contributed by atoms with Crippen LogP contribution in [0.25, 0.3) is 0 Å². The Hall–Kier alpha value is -1.77. The number of rotatable bonds is 4. The number of hydrogen-bond acceptors (Lipinski definition) is 4. The zero-order valence-electron chi connectivity index (χ0n) is 11.2. The lowest BCUT2D eigenvalue weighted by atomic mass is 10.4. The van der Waals surface area contributed by atoms with E-state index in [9.17, 15) is 17.2 Å².